The third-order valence-electron chi connectivity index (χ3n) is 0.329. The second-order valence-electron chi connectivity index (χ2n) is 0.685. The van der Waals surface area contributed by atoms with Crippen LogP contribution in [0.3, 0.4) is 0 Å². The van der Waals surface area contributed by atoms with Gasteiger partial charge in [0, 0.05) is 0 Å². The highest BCUT2D eigenvalue weighted by atomic mass is 35.7. The number of nitrogens with zero attached hydrogens (tertiary/aromatic N) is 1. The van der Waals surface area contributed by atoms with Gasteiger partial charge >= 0.3 is 7.65 Å². The molecule has 0 aliphatic carbocycles. The second kappa shape index (κ2) is 1.63. The summed E-state index contributed by atoms with van der Waals surface area (Å²) < 4.78 is 4.58. The van der Waals surface area contributed by atoms with Gasteiger partial charge in [-0.3, -0.25) is 0 Å². The van der Waals surface area contributed by atoms with Gasteiger partial charge in [0.15, 0.2) is 6.40 Å². The summed E-state index contributed by atoms with van der Waals surface area (Å²) in [5, 5.41) is 5.96. The Morgan fingerprint density at radius 2 is 2.83 bits per heavy atom. The predicted molar refractivity (Wildman–Crippen MR) is 25.5 cm³/mol. The summed E-state index contributed by atoms with van der Waals surface area (Å²) in [6.07, 6.45) is 1.29. The maximum absolute atomic E-state index is 5.32. The molecule has 0 bridgehead atoms. The fourth-order valence-corrected chi connectivity index (χ4v) is 0.710. The molecule has 0 aromatic carbocycles. The highest BCUT2D eigenvalue weighted by Gasteiger charge is 2.05. The van der Waals surface area contributed by atoms with E-state index in [-0.39, 0.29) is 0 Å². The Morgan fingerprint density at radius 3 is 3.00 bits per heavy atom. The Bertz CT molecular complexity index is 67.9. The molecule has 0 fully saturated rings. The zero-order valence-corrected chi connectivity index (χ0v) is 4.41. The second-order valence-corrected chi connectivity index (χ2v) is 2.51. The van der Waals surface area contributed by atoms with E-state index in [1.165, 1.54) is 6.40 Å². The molecule has 1 N–H and O–H groups in total. The van der Waals surface area contributed by atoms with Gasteiger partial charge in [-0.25, -0.2) is 5.20 Å². The summed E-state index contributed by atoms with van der Waals surface area (Å²) in [6.45, 7) is 0. The van der Waals surface area contributed by atoms with Crippen LogP contribution in [-0.2, 0) is 4.52 Å². The lowest BCUT2D eigenvalue weighted by Crippen LogP contribution is -1.80. The fraction of sp³-hybridized carbons (Fsp3) is 0. The van der Waals surface area contributed by atoms with E-state index in [9.17, 15) is 0 Å². The van der Waals surface area contributed by atoms with Crippen molar-refractivity contribution in [1.29, 1.82) is 0 Å². The number of nitrogens with one attached hydrogen (secondary N) is 1. The summed E-state index contributed by atoms with van der Waals surface area (Å²) in [5.41, 5.74) is 0. The summed E-state index contributed by atoms with van der Waals surface area (Å²) in [5.74, 6) is 0. The molecule has 0 aromatic rings. The van der Waals surface area contributed by atoms with Crippen LogP contribution >= 0.6 is 18.9 Å². The number of hydrogen-bond donors (Lipinski definition) is 1. The van der Waals surface area contributed by atoms with E-state index in [1.54, 1.807) is 0 Å². The van der Waals surface area contributed by atoms with Crippen LogP contribution in [-0.4, -0.2) is 6.40 Å². The van der Waals surface area contributed by atoms with Crippen molar-refractivity contribution in [3.63, 3.8) is 0 Å². The van der Waals surface area contributed by atoms with Crippen molar-refractivity contribution in [1.82, 2.24) is 5.20 Å². The molecule has 3 nitrogen and oxygen atoms in total. The number of halogens is 1. The first-order valence-electron chi connectivity index (χ1n) is 1.29. The van der Waals surface area contributed by atoms with Crippen molar-refractivity contribution >= 4 is 25.3 Å². The SMILES string of the molecule is ClP1NN=CO1. The van der Waals surface area contributed by atoms with E-state index in [0.29, 0.717) is 0 Å². The molecule has 6 heavy (non-hydrogen) atoms. The zero-order chi connectivity index (χ0) is 4.41. The minimum absolute atomic E-state index is 0.965. The summed E-state index contributed by atoms with van der Waals surface area (Å²) in [7, 11) is -0.965. The average molecular weight is 124 g/mol. The van der Waals surface area contributed by atoms with E-state index in [4.69, 9.17) is 11.2 Å². The van der Waals surface area contributed by atoms with Gasteiger partial charge in [-0.05, 0) is 11.2 Å². The zero-order valence-electron chi connectivity index (χ0n) is 2.76. The monoisotopic (exact) mass is 124 g/mol. The smallest absolute Gasteiger partial charge is 0.311 e. The highest BCUT2D eigenvalue weighted by molar-refractivity contribution is 7.78. The molecular weight excluding hydrogens is 122 g/mol. The van der Waals surface area contributed by atoms with Crippen LogP contribution in [0.4, 0.5) is 0 Å². The Balaban J connectivity index is 2.32. The van der Waals surface area contributed by atoms with Crippen LogP contribution in [0.15, 0.2) is 5.10 Å². The molecule has 0 saturated heterocycles. The van der Waals surface area contributed by atoms with Gasteiger partial charge in [0.1, 0.15) is 0 Å². The van der Waals surface area contributed by atoms with E-state index >= 15 is 0 Å². The van der Waals surface area contributed by atoms with Crippen molar-refractivity contribution in [3.05, 3.63) is 0 Å². The van der Waals surface area contributed by atoms with Crippen LogP contribution < -0.4 is 5.20 Å². The maximum atomic E-state index is 5.32. The van der Waals surface area contributed by atoms with Crippen LogP contribution in [0.1, 0.15) is 0 Å². The molecule has 0 amide bonds. The number of hydrazone groups is 1. The summed E-state index contributed by atoms with van der Waals surface area (Å²) in [4.78, 5) is 0. The lowest BCUT2D eigenvalue weighted by Gasteiger charge is -1.90. The molecule has 1 aliphatic rings. The molecule has 1 unspecified atom stereocenters. The van der Waals surface area contributed by atoms with Crippen molar-refractivity contribution in [2.75, 3.05) is 0 Å². The first-order valence-corrected chi connectivity index (χ1v) is 3.46. The quantitative estimate of drug-likeness (QED) is 0.489. The molecule has 1 rings (SSSR count). The fourth-order valence-electron chi connectivity index (χ4n) is 0.157. The minimum atomic E-state index is -0.965. The molecule has 0 spiro atoms. The largest absolute Gasteiger partial charge is 0.427 e. The molecule has 0 aromatic heterocycles. The molecule has 0 saturated carbocycles. The molecule has 1 atom stereocenters. The standard InChI is InChI=1S/CH2ClN2OP/c2-6-4-3-1-5-6/h1,4H. The first-order chi connectivity index (χ1) is 2.89. The van der Waals surface area contributed by atoms with Crippen LogP contribution in [0, 0.1) is 0 Å². The molecule has 5 heteroatoms. The maximum Gasteiger partial charge on any atom is 0.311 e. The van der Waals surface area contributed by atoms with Crippen molar-refractivity contribution in [2.45, 2.75) is 0 Å². The van der Waals surface area contributed by atoms with Crippen LogP contribution in [0.2, 0.25) is 0 Å². The first kappa shape index (κ1) is 4.16. The normalized spacial score (nSPS) is 29.2. The van der Waals surface area contributed by atoms with Gasteiger partial charge in [0.05, 0.1) is 0 Å². The third-order valence-corrected chi connectivity index (χ3v) is 1.35. The van der Waals surface area contributed by atoms with Gasteiger partial charge in [-0.2, -0.15) is 0 Å². The topological polar surface area (TPSA) is 33.6 Å². The van der Waals surface area contributed by atoms with E-state index < -0.39 is 7.65 Å². The Kier molecular flexibility index (Phi) is 1.13. The van der Waals surface area contributed by atoms with Gasteiger partial charge < -0.3 is 4.52 Å². The Morgan fingerprint density at radius 1 is 2.00 bits per heavy atom. The Labute approximate surface area is 41.0 Å². The minimum Gasteiger partial charge on any atom is -0.427 e. The van der Waals surface area contributed by atoms with Gasteiger partial charge in [-0.15, -0.1) is 5.10 Å². The molecule has 1 heterocycles. The third kappa shape index (κ3) is 0.730. The molecule has 1 aliphatic heterocycles. The Hall–Kier alpha value is -0.0100. The lowest BCUT2D eigenvalue weighted by atomic mass is 11.5. The van der Waals surface area contributed by atoms with Crippen LogP contribution in [0.25, 0.3) is 0 Å². The van der Waals surface area contributed by atoms with Gasteiger partial charge in [0.25, 0.3) is 0 Å². The van der Waals surface area contributed by atoms with Crippen LogP contribution in [0.5, 0.6) is 0 Å². The molecular formula is CH2ClN2OP. The summed E-state index contributed by atoms with van der Waals surface area (Å²) >= 11 is 5.32. The van der Waals surface area contributed by atoms with Gasteiger partial charge in [0.2, 0.25) is 0 Å². The van der Waals surface area contributed by atoms with E-state index in [2.05, 4.69) is 14.8 Å². The predicted octanol–water partition coefficient (Wildman–Crippen LogP) is 1.02. The number of rotatable bonds is 0. The average Bonchev–Trinajstić information content (AvgIpc) is 1.86. The van der Waals surface area contributed by atoms with Crippen molar-refractivity contribution < 1.29 is 4.52 Å². The number of hydrogen-bond acceptors (Lipinski definition) is 3. The molecule has 0 radical (unpaired) electrons. The lowest BCUT2D eigenvalue weighted by molar-refractivity contribution is 0.668. The van der Waals surface area contributed by atoms with E-state index in [0.717, 1.165) is 0 Å². The molecule has 34 valence electrons. The highest BCUT2D eigenvalue weighted by Crippen LogP contribution is 2.38. The summed E-state index contributed by atoms with van der Waals surface area (Å²) in [6, 6.07) is 0. The van der Waals surface area contributed by atoms with Crippen molar-refractivity contribution in [3.8, 4) is 0 Å². The van der Waals surface area contributed by atoms with Crippen molar-refractivity contribution in [2.24, 2.45) is 5.10 Å². The van der Waals surface area contributed by atoms with Gasteiger partial charge in [-0.1, -0.05) is 0 Å². The van der Waals surface area contributed by atoms with E-state index in [1.807, 2.05) is 0 Å².